The molecule has 362 valence electrons. The lowest BCUT2D eigenvalue weighted by Gasteiger charge is -2.27. The summed E-state index contributed by atoms with van der Waals surface area (Å²) >= 11 is 0. The van der Waals surface area contributed by atoms with Gasteiger partial charge in [0.2, 0.25) is 0 Å². The molecule has 13 rings (SSSR count). The van der Waals surface area contributed by atoms with Gasteiger partial charge in [0.25, 0.3) is 0 Å². The lowest BCUT2D eigenvalue weighted by molar-refractivity contribution is 0.660. The van der Waals surface area contributed by atoms with E-state index in [4.69, 9.17) is 9.97 Å². The number of anilines is 6. The van der Waals surface area contributed by atoms with Crippen LogP contribution in [-0.4, -0.2) is 19.9 Å². The molecular weight excluding hydrogens is 913 g/mol. The van der Waals surface area contributed by atoms with Gasteiger partial charge in [-0.2, -0.15) is 0 Å². The molecule has 4 aromatic heterocycles. The summed E-state index contributed by atoms with van der Waals surface area (Å²) < 4.78 is 0. The maximum Gasteiger partial charge on any atom is 0.137 e. The highest BCUT2D eigenvalue weighted by Gasteiger charge is 2.39. The van der Waals surface area contributed by atoms with Crippen molar-refractivity contribution in [3.63, 3.8) is 0 Å². The average molecular weight is 969 g/mol. The van der Waals surface area contributed by atoms with Crippen molar-refractivity contribution in [2.24, 2.45) is 0 Å². The molecule has 6 aromatic carbocycles. The molecule has 6 nitrogen and oxygen atoms in total. The first kappa shape index (κ1) is 45.8. The third kappa shape index (κ3) is 7.70. The zero-order valence-electron chi connectivity index (χ0n) is 43.1. The largest absolute Gasteiger partial charge is 0.295 e. The molecule has 10 aromatic rings. The van der Waals surface area contributed by atoms with Crippen molar-refractivity contribution in [1.29, 1.82) is 0 Å². The maximum absolute atomic E-state index is 4.74. The van der Waals surface area contributed by atoms with Crippen LogP contribution in [0.2, 0.25) is 0 Å². The maximum atomic E-state index is 4.74. The van der Waals surface area contributed by atoms with Gasteiger partial charge in [-0.05, 0) is 162 Å². The van der Waals surface area contributed by atoms with E-state index in [9.17, 15) is 0 Å². The number of rotatable bonds is 10. The van der Waals surface area contributed by atoms with Crippen molar-refractivity contribution in [1.82, 2.24) is 19.9 Å². The first-order valence-corrected chi connectivity index (χ1v) is 25.9. The molecule has 0 atom stereocenters. The fraction of sp³-hybridized carbons (Fsp3) is 0.130. The SMILES string of the molecule is CC1(C)c2cc(/C=C/c3ccc4c(c3)C(C)(C)c3cc(N(c5ccncc5)c5ccccn5)ccc3-4)ccc2-c2ccc(/C=C/c3ccc4c(c3)C(C)(C)c3cc(N(c5ccncc5)c5ccccn5)ccc3-4)cc21. The van der Waals surface area contributed by atoms with Crippen LogP contribution in [0.5, 0.6) is 0 Å². The second-order valence-corrected chi connectivity index (χ2v) is 21.7. The Hall–Kier alpha value is -9.00. The second kappa shape index (κ2) is 17.6. The first-order chi connectivity index (χ1) is 36.4. The van der Waals surface area contributed by atoms with Crippen LogP contribution in [0.15, 0.2) is 207 Å². The minimum Gasteiger partial charge on any atom is -0.295 e. The van der Waals surface area contributed by atoms with E-state index in [1.54, 1.807) is 0 Å². The van der Waals surface area contributed by atoms with E-state index in [-0.39, 0.29) is 16.2 Å². The highest BCUT2D eigenvalue weighted by atomic mass is 15.2. The molecule has 3 aliphatic rings. The number of benzene rings is 6. The molecule has 3 aliphatic carbocycles. The molecule has 0 amide bonds. The Kier molecular flexibility index (Phi) is 10.8. The van der Waals surface area contributed by atoms with Crippen molar-refractivity contribution < 1.29 is 0 Å². The van der Waals surface area contributed by atoms with E-state index in [1.807, 2.05) is 85.7 Å². The number of hydrogen-bond donors (Lipinski definition) is 0. The van der Waals surface area contributed by atoms with Crippen LogP contribution in [0.3, 0.4) is 0 Å². The fourth-order valence-electron chi connectivity index (χ4n) is 12.1. The Balaban J connectivity index is 0.731. The zero-order valence-corrected chi connectivity index (χ0v) is 43.1. The fourth-order valence-corrected chi connectivity index (χ4v) is 12.1. The van der Waals surface area contributed by atoms with Crippen molar-refractivity contribution >= 4 is 58.7 Å². The minimum atomic E-state index is -0.196. The molecule has 6 heteroatoms. The summed E-state index contributed by atoms with van der Waals surface area (Å²) in [5, 5.41) is 0. The number of aromatic nitrogens is 4. The molecule has 0 spiro atoms. The van der Waals surface area contributed by atoms with E-state index < -0.39 is 0 Å². The molecule has 0 bridgehead atoms. The summed E-state index contributed by atoms with van der Waals surface area (Å²) in [4.78, 5) is 22.5. The summed E-state index contributed by atoms with van der Waals surface area (Å²) in [6.07, 6.45) is 20.1. The number of hydrogen-bond acceptors (Lipinski definition) is 6. The van der Waals surface area contributed by atoms with Crippen molar-refractivity contribution in [2.75, 3.05) is 9.80 Å². The molecule has 0 radical (unpaired) electrons. The van der Waals surface area contributed by atoms with Crippen molar-refractivity contribution in [3.8, 4) is 33.4 Å². The minimum absolute atomic E-state index is 0.157. The summed E-state index contributed by atoms with van der Waals surface area (Å²) in [7, 11) is 0. The van der Waals surface area contributed by atoms with Gasteiger partial charge in [-0.15, -0.1) is 0 Å². The van der Waals surface area contributed by atoms with Gasteiger partial charge in [0.15, 0.2) is 0 Å². The Morgan fingerprint density at radius 2 is 0.587 bits per heavy atom. The summed E-state index contributed by atoms with van der Waals surface area (Å²) in [6.45, 7) is 14.1. The Bertz CT molecular complexity index is 3580. The second-order valence-electron chi connectivity index (χ2n) is 21.7. The van der Waals surface area contributed by atoms with Gasteiger partial charge in [-0.1, -0.05) is 163 Å². The standard InChI is InChI=1S/C69H56N6/c1-67(2)59-39-45(13-15-47-19-25-55-57-27-21-51(43-63(57)68(3,4)61(55)41-47)74(49-29-35-70-36-30-49)65-11-7-9-33-72-65)17-23-53(59)54-24-18-46(40-60(54)67)14-16-48-20-26-56-58-28-22-52(44-64(58)69(5,6)62(56)42-48)75(50-31-37-71-38-32-50)66-12-8-10-34-73-66/h7-44H,1-6H3/b15-13+,16-14+. The monoisotopic (exact) mass is 968 g/mol. The van der Waals surface area contributed by atoms with Crippen LogP contribution in [0.4, 0.5) is 34.4 Å². The van der Waals surface area contributed by atoms with Crippen LogP contribution in [0, 0.1) is 0 Å². The van der Waals surface area contributed by atoms with Crippen molar-refractivity contribution in [2.45, 2.75) is 57.8 Å². The Morgan fingerprint density at radius 3 is 0.880 bits per heavy atom. The predicted octanol–water partition coefficient (Wildman–Crippen LogP) is 17.5. The molecule has 0 saturated carbocycles. The number of fused-ring (bicyclic) bond motifs is 9. The predicted molar refractivity (Wildman–Crippen MR) is 310 cm³/mol. The average Bonchev–Trinajstić information content (AvgIpc) is 4.05. The number of pyridine rings is 4. The van der Waals surface area contributed by atoms with Gasteiger partial charge >= 0.3 is 0 Å². The summed E-state index contributed by atoms with van der Waals surface area (Å²) in [6, 6.07) is 61.8. The van der Waals surface area contributed by atoms with E-state index in [0.717, 1.165) is 34.4 Å². The van der Waals surface area contributed by atoms with Gasteiger partial charge in [0.1, 0.15) is 11.6 Å². The first-order valence-electron chi connectivity index (χ1n) is 25.9. The Morgan fingerprint density at radius 1 is 0.293 bits per heavy atom. The van der Waals surface area contributed by atoms with Crippen LogP contribution < -0.4 is 9.80 Å². The summed E-state index contributed by atoms with van der Waals surface area (Å²) in [5.74, 6) is 1.73. The lowest BCUT2D eigenvalue weighted by atomic mass is 9.81. The van der Waals surface area contributed by atoms with E-state index in [2.05, 4.69) is 207 Å². The highest BCUT2D eigenvalue weighted by Crippen LogP contribution is 2.54. The third-order valence-corrected chi connectivity index (χ3v) is 16.1. The highest BCUT2D eigenvalue weighted by molar-refractivity contribution is 5.90. The van der Waals surface area contributed by atoms with Gasteiger partial charge in [-0.3, -0.25) is 19.8 Å². The summed E-state index contributed by atoms with van der Waals surface area (Å²) in [5.41, 5.74) is 24.2. The lowest BCUT2D eigenvalue weighted by Crippen LogP contribution is -2.17. The van der Waals surface area contributed by atoms with Crippen LogP contribution in [0.1, 0.15) is 97.2 Å². The van der Waals surface area contributed by atoms with Gasteiger partial charge in [0.05, 0.1) is 11.4 Å². The van der Waals surface area contributed by atoms with Gasteiger partial charge in [-0.25, -0.2) is 9.97 Å². The smallest absolute Gasteiger partial charge is 0.137 e. The quantitative estimate of drug-likeness (QED) is 0.127. The molecule has 0 fully saturated rings. The van der Waals surface area contributed by atoms with Crippen LogP contribution in [-0.2, 0) is 16.2 Å². The molecular formula is C69H56N6. The molecule has 0 aliphatic heterocycles. The van der Waals surface area contributed by atoms with E-state index in [0.29, 0.717) is 0 Å². The third-order valence-electron chi connectivity index (χ3n) is 16.1. The van der Waals surface area contributed by atoms with Crippen molar-refractivity contribution in [3.05, 3.63) is 263 Å². The molecule has 0 unspecified atom stereocenters. The molecule has 0 N–H and O–H groups in total. The topological polar surface area (TPSA) is 58.0 Å². The van der Waals surface area contributed by atoms with Crippen LogP contribution >= 0.6 is 0 Å². The van der Waals surface area contributed by atoms with Gasteiger partial charge < -0.3 is 0 Å². The molecule has 4 heterocycles. The normalized spacial score (nSPS) is 14.7. The zero-order chi connectivity index (χ0) is 51.1. The molecule has 75 heavy (non-hydrogen) atoms. The van der Waals surface area contributed by atoms with Crippen LogP contribution in [0.25, 0.3) is 57.7 Å². The van der Waals surface area contributed by atoms with E-state index >= 15 is 0 Å². The van der Waals surface area contributed by atoms with E-state index in [1.165, 1.54) is 89.0 Å². The van der Waals surface area contributed by atoms with Gasteiger partial charge in [0, 0.05) is 64.8 Å². The number of nitrogens with zero attached hydrogens (tertiary/aromatic N) is 6. The molecule has 0 saturated heterocycles. The Labute approximate surface area is 440 Å².